The van der Waals surface area contributed by atoms with Gasteiger partial charge in [0.25, 0.3) is 0 Å². The number of aliphatic hydroxyl groups is 2. The van der Waals surface area contributed by atoms with Gasteiger partial charge >= 0.3 is 0 Å². The fourth-order valence-electron chi connectivity index (χ4n) is 12.2. The van der Waals surface area contributed by atoms with Gasteiger partial charge in [0.05, 0.1) is 0 Å². The van der Waals surface area contributed by atoms with E-state index >= 15 is 0 Å². The van der Waals surface area contributed by atoms with Crippen LogP contribution in [-0.2, 0) is 54.5 Å². The van der Waals surface area contributed by atoms with Crippen molar-refractivity contribution in [3.05, 3.63) is 233 Å². The molecule has 2 nitrogen and oxygen atoms in total. The molecule has 1 aliphatic carbocycles. The smallest absolute Gasteiger partial charge is 0.177 e. The first kappa shape index (κ1) is 76.2. The minimum Gasteiger partial charge on any atom is -0.369 e. The molecule has 0 aromatic heterocycles. The van der Waals surface area contributed by atoms with E-state index in [-0.39, 0.29) is 43.3 Å². The van der Waals surface area contributed by atoms with E-state index in [0.717, 1.165) is 66.1 Å². The Morgan fingerprint density at radius 3 is 0.530 bits per heavy atom. The predicted molar refractivity (Wildman–Crippen MR) is 435 cm³/mol. The Labute approximate surface area is 606 Å². The fraction of sp³-hybridized carbons (Fsp3) is 0.417. The summed E-state index contributed by atoms with van der Waals surface area (Å²) in [5.41, 5.74) is 21.0. The minimum atomic E-state index is -2.20. The van der Waals surface area contributed by atoms with Gasteiger partial charge < -0.3 is 10.2 Å². The highest BCUT2D eigenvalue weighted by Gasteiger charge is 2.49. The molecule has 9 rings (SSSR count). The molecule has 2 N–H and O–H groups in total. The molecule has 0 unspecified atom stereocenters. The average molecular weight is 1350 g/mol. The van der Waals surface area contributed by atoms with E-state index < -0.39 is 27.3 Å². The second-order valence-corrected chi connectivity index (χ2v) is 48.4. The van der Waals surface area contributed by atoms with Crippen molar-refractivity contribution in [3.8, 4) is 70.3 Å². The molecule has 0 fully saturated rings. The standard InChI is InChI=1S/C96H112O2Si2/c1-87(2,3)75-43-63(44-76(59-75)88(4,5)6)31-35-67-51-71-55-83-84(56-72(71)52-68(67)36-32-64-45-77(89(7,8)9)60-78(46-64)90(10,11)12)96(98,40-42-100(28,29)30)86-58-74-54-70(38-34-66-49-81(93(19,20)21)62-82(50-66)94(22,23)24)69(53-73(74)57-85(86)95(83,97)39-41-99(25,26)27)37-33-65-47-79(91(13,14)15)61-80(48-65)92(16,17)18/h43-62,97-98H,1-30H3. The van der Waals surface area contributed by atoms with Crippen LogP contribution in [0, 0.1) is 70.3 Å². The Bertz CT molecular complexity index is 4300. The van der Waals surface area contributed by atoms with Crippen molar-refractivity contribution in [2.24, 2.45) is 0 Å². The fourth-order valence-corrected chi connectivity index (χ4v) is 13.4. The zero-order chi connectivity index (χ0) is 74.5. The van der Waals surface area contributed by atoms with Crippen LogP contribution in [0.1, 0.15) is 277 Å². The van der Waals surface area contributed by atoms with Gasteiger partial charge in [-0.1, -0.05) is 289 Å². The van der Waals surface area contributed by atoms with Crippen LogP contribution in [0.15, 0.2) is 121 Å². The van der Waals surface area contributed by atoms with Crippen LogP contribution in [-0.4, -0.2) is 26.4 Å². The van der Waals surface area contributed by atoms with E-state index in [9.17, 15) is 10.2 Å². The minimum absolute atomic E-state index is 0.105. The molecule has 0 amide bonds. The van der Waals surface area contributed by atoms with Gasteiger partial charge in [-0.3, -0.25) is 0 Å². The summed E-state index contributed by atoms with van der Waals surface area (Å²) in [6.07, 6.45) is 0. The Balaban J connectivity index is 1.39. The van der Waals surface area contributed by atoms with Crippen molar-refractivity contribution in [1.82, 2.24) is 0 Å². The lowest BCUT2D eigenvalue weighted by Gasteiger charge is -2.41. The predicted octanol–water partition coefficient (Wildman–Crippen LogP) is 22.5. The van der Waals surface area contributed by atoms with Crippen LogP contribution in [0.3, 0.4) is 0 Å². The van der Waals surface area contributed by atoms with E-state index in [1.54, 1.807) is 0 Å². The highest BCUT2D eigenvalue weighted by atomic mass is 28.3. The lowest BCUT2D eigenvalue weighted by Crippen LogP contribution is -2.42. The molecule has 0 radical (unpaired) electrons. The highest BCUT2D eigenvalue weighted by molar-refractivity contribution is 6.84. The number of benzene rings is 8. The second-order valence-electron chi connectivity index (χ2n) is 38.9. The third kappa shape index (κ3) is 17.5. The van der Waals surface area contributed by atoms with E-state index in [2.05, 4.69) is 373 Å². The van der Waals surface area contributed by atoms with Gasteiger partial charge in [0, 0.05) is 66.8 Å². The first-order valence-electron chi connectivity index (χ1n) is 36.0. The summed E-state index contributed by atoms with van der Waals surface area (Å²) in [6, 6.07) is 43.7. The molecule has 0 heterocycles. The van der Waals surface area contributed by atoms with Gasteiger partial charge in [0.2, 0.25) is 0 Å². The summed E-state index contributed by atoms with van der Waals surface area (Å²) in [6.45, 7) is 67.2. The molecule has 0 aliphatic heterocycles. The normalized spacial score (nSPS) is 16.0. The summed E-state index contributed by atoms with van der Waals surface area (Å²) >= 11 is 0. The molecule has 0 spiro atoms. The lowest BCUT2D eigenvalue weighted by molar-refractivity contribution is 0.0950. The third-order valence-electron chi connectivity index (χ3n) is 19.0. The van der Waals surface area contributed by atoms with Crippen LogP contribution in [0.2, 0.25) is 39.3 Å². The van der Waals surface area contributed by atoms with Gasteiger partial charge in [-0.2, -0.15) is 0 Å². The molecule has 8 aromatic rings. The zero-order valence-corrected chi connectivity index (χ0v) is 68.4. The van der Waals surface area contributed by atoms with Gasteiger partial charge in [0.15, 0.2) is 11.2 Å². The van der Waals surface area contributed by atoms with Crippen LogP contribution >= 0.6 is 0 Å². The third-order valence-corrected chi connectivity index (χ3v) is 20.8. The number of hydrogen-bond donors (Lipinski definition) is 2. The molecule has 8 aromatic carbocycles. The van der Waals surface area contributed by atoms with Crippen molar-refractivity contribution >= 4 is 37.7 Å². The largest absolute Gasteiger partial charge is 0.369 e. The van der Waals surface area contributed by atoms with Gasteiger partial charge in [-0.15, -0.1) is 11.1 Å². The lowest BCUT2D eigenvalue weighted by atomic mass is 9.67. The monoisotopic (exact) mass is 1350 g/mol. The maximum Gasteiger partial charge on any atom is 0.177 e. The average Bonchev–Trinajstić information content (AvgIpc) is 0.694. The van der Waals surface area contributed by atoms with E-state index in [1.807, 2.05) is 24.3 Å². The summed E-state index contributed by atoms with van der Waals surface area (Å²) < 4.78 is 0. The molecule has 516 valence electrons. The van der Waals surface area contributed by atoms with Gasteiger partial charge in [-0.05, 0) is 206 Å². The Morgan fingerprint density at radius 2 is 0.390 bits per heavy atom. The molecule has 4 heteroatoms. The van der Waals surface area contributed by atoms with Crippen molar-refractivity contribution in [2.45, 2.75) is 260 Å². The van der Waals surface area contributed by atoms with Crippen LogP contribution in [0.4, 0.5) is 0 Å². The first-order valence-corrected chi connectivity index (χ1v) is 43.0. The maximum atomic E-state index is 14.3. The summed E-state index contributed by atoms with van der Waals surface area (Å²) in [4.78, 5) is 0. The Kier molecular flexibility index (Phi) is 19.9. The van der Waals surface area contributed by atoms with Crippen molar-refractivity contribution in [3.63, 3.8) is 0 Å². The molecule has 0 saturated heterocycles. The molecule has 1 aliphatic rings. The zero-order valence-electron chi connectivity index (χ0n) is 66.4. The number of hydrogen-bond acceptors (Lipinski definition) is 2. The number of fused-ring (bicyclic) bond motifs is 4. The summed E-state index contributed by atoms with van der Waals surface area (Å²) in [5.74, 6) is 36.4. The molecule has 0 saturated carbocycles. The van der Waals surface area contributed by atoms with Gasteiger partial charge in [-0.25, -0.2) is 0 Å². The summed E-state index contributed by atoms with van der Waals surface area (Å²) in [7, 11) is -4.40. The molecular formula is C96H112O2Si2. The first-order chi connectivity index (χ1) is 45.5. The van der Waals surface area contributed by atoms with Crippen LogP contribution in [0.25, 0.3) is 21.5 Å². The van der Waals surface area contributed by atoms with Crippen molar-refractivity contribution in [1.29, 1.82) is 0 Å². The molecule has 0 bridgehead atoms. The molecule has 0 atom stereocenters. The Hall–Kier alpha value is -8.01. The topological polar surface area (TPSA) is 40.5 Å². The van der Waals surface area contributed by atoms with Crippen molar-refractivity contribution < 1.29 is 10.2 Å². The second kappa shape index (κ2) is 26.1. The van der Waals surface area contributed by atoms with E-state index in [4.69, 9.17) is 0 Å². The SMILES string of the molecule is CC(C)(C)c1cc(C#Cc2cc3cc4c(cc3cc2C#Cc2cc(C(C)(C)C)cc(C(C)(C)C)c2)C(O)(C#C[Si](C)(C)C)c2cc3cc(C#Cc5cc(C(C)(C)C)cc(C(C)(C)C)c5)c(C#Cc5cc(C(C)(C)C)cc(C(C)(C)C)c5)cc3cc2C4(O)C#C[Si](C)(C)C)cc(C(C)(C)C)c1. The van der Waals surface area contributed by atoms with Gasteiger partial charge in [0.1, 0.15) is 16.1 Å². The molecular weight excluding hydrogens is 1240 g/mol. The van der Waals surface area contributed by atoms with E-state index in [0.29, 0.717) is 22.3 Å². The van der Waals surface area contributed by atoms with Crippen molar-refractivity contribution in [2.75, 3.05) is 0 Å². The quantitative estimate of drug-likeness (QED) is 0.117. The molecule has 100 heavy (non-hydrogen) atoms. The number of rotatable bonds is 0. The van der Waals surface area contributed by atoms with E-state index in [1.165, 1.54) is 44.5 Å². The summed E-state index contributed by atoms with van der Waals surface area (Å²) in [5, 5.41) is 31.8. The Morgan fingerprint density at radius 1 is 0.230 bits per heavy atom. The maximum absolute atomic E-state index is 14.3. The van der Waals surface area contributed by atoms with Crippen LogP contribution in [0.5, 0.6) is 0 Å². The highest BCUT2D eigenvalue weighted by Crippen LogP contribution is 2.51. The van der Waals surface area contributed by atoms with Crippen LogP contribution < -0.4 is 0 Å².